The highest BCUT2D eigenvalue weighted by Crippen LogP contribution is 2.07. The molecule has 1 atom stereocenters. The summed E-state index contributed by atoms with van der Waals surface area (Å²) in [4.78, 5) is 21.8. The number of hydrogen-bond donors (Lipinski definition) is 3. The van der Waals surface area contributed by atoms with Gasteiger partial charge in [-0.3, -0.25) is 9.59 Å². The van der Waals surface area contributed by atoms with Crippen molar-refractivity contribution in [2.24, 2.45) is 0 Å². The van der Waals surface area contributed by atoms with Crippen LogP contribution in [0, 0.1) is 0 Å². The van der Waals surface area contributed by atoms with Crippen LogP contribution < -0.4 is 10.0 Å². The summed E-state index contributed by atoms with van der Waals surface area (Å²) in [7, 11) is -3.60. The van der Waals surface area contributed by atoms with Crippen molar-refractivity contribution in [1.82, 2.24) is 10.0 Å². The van der Waals surface area contributed by atoms with E-state index in [0.29, 0.717) is 13.0 Å². The Kier molecular flexibility index (Phi) is 5.54. The minimum Gasteiger partial charge on any atom is -0.481 e. The third-order valence-corrected chi connectivity index (χ3v) is 4.13. The SMILES string of the molecule is O=C(O)CCCS(=O)(=O)NC1CCCCNC1=O. The van der Waals surface area contributed by atoms with Gasteiger partial charge in [-0.15, -0.1) is 0 Å². The number of rotatable bonds is 6. The lowest BCUT2D eigenvalue weighted by Gasteiger charge is -2.15. The molecular formula is C10H18N2O5S. The second-order valence-electron chi connectivity index (χ2n) is 4.27. The fourth-order valence-corrected chi connectivity index (χ4v) is 3.04. The quantitative estimate of drug-likeness (QED) is 0.603. The van der Waals surface area contributed by atoms with Crippen LogP contribution in [0.2, 0.25) is 0 Å². The summed E-state index contributed by atoms with van der Waals surface area (Å²) in [6.45, 7) is 0.566. The van der Waals surface area contributed by atoms with E-state index < -0.39 is 22.0 Å². The molecule has 0 aromatic carbocycles. The maximum Gasteiger partial charge on any atom is 0.303 e. The first-order valence-electron chi connectivity index (χ1n) is 5.90. The number of carbonyl (C=O) groups is 2. The maximum absolute atomic E-state index is 11.7. The van der Waals surface area contributed by atoms with Crippen molar-refractivity contribution in [3.63, 3.8) is 0 Å². The standard InChI is InChI=1S/C10H18N2O5S/c13-9(14)5-3-7-18(16,17)12-8-4-1-2-6-11-10(8)15/h8,12H,1-7H2,(H,11,15)(H,13,14). The van der Waals surface area contributed by atoms with Crippen LogP contribution in [-0.4, -0.2) is 43.7 Å². The van der Waals surface area contributed by atoms with E-state index in [1.165, 1.54) is 0 Å². The van der Waals surface area contributed by atoms with E-state index in [4.69, 9.17) is 5.11 Å². The minimum atomic E-state index is -3.60. The molecule has 1 saturated heterocycles. The van der Waals surface area contributed by atoms with E-state index in [0.717, 1.165) is 12.8 Å². The van der Waals surface area contributed by atoms with Crippen LogP contribution in [0.15, 0.2) is 0 Å². The Balaban J connectivity index is 2.47. The largest absolute Gasteiger partial charge is 0.481 e. The first kappa shape index (κ1) is 14.9. The summed E-state index contributed by atoms with van der Waals surface area (Å²) >= 11 is 0. The molecule has 1 aliphatic rings. The van der Waals surface area contributed by atoms with Crippen molar-refractivity contribution in [3.8, 4) is 0 Å². The third-order valence-electron chi connectivity index (χ3n) is 2.66. The van der Waals surface area contributed by atoms with E-state index >= 15 is 0 Å². The van der Waals surface area contributed by atoms with Crippen LogP contribution in [0.1, 0.15) is 32.1 Å². The number of amides is 1. The van der Waals surface area contributed by atoms with Gasteiger partial charge in [0.25, 0.3) is 0 Å². The summed E-state index contributed by atoms with van der Waals surface area (Å²) < 4.78 is 25.6. The summed E-state index contributed by atoms with van der Waals surface area (Å²) in [5.41, 5.74) is 0. The molecule has 18 heavy (non-hydrogen) atoms. The van der Waals surface area contributed by atoms with Crippen LogP contribution in [-0.2, 0) is 19.6 Å². The van der Waals surface area contributed by atoms with Gasteiger partial charge in [-0.25, -0.2) is 13.1 Å². The number of carboxylic acid groups (broad SMARTS) is 1. The molecule has 1 amide bonds. The zero-order valence-corrected chi connectivity index (χ0v) is 10.8. The molecule has 1 unspecified atom stereocenters. The lowest BCUT2D eigenvalue weighted by molar-refractivity contribution is -0.137. The van der Waals surface area contributed by atoms with Gasteiger partial charge in [0.1, 0.15) is 6.04 Å². The van der Waals surface area contributed by atoms with Gasteiger partial charge >= 0.3 is 5.97 Å². The fourth-order valence-electron chi connectivity index (χ4n) is 1.74. The van der Waals surface area contributed by atoms with Crippen LogP contribution in [0.3, 0.4) is 0 Å². The summed E-state index contributed by atoms with van der Waals surface area (Å²) in [6, 6.07) is -0.734. The average molecular weight is 278 g/mol. The molecule has 1 aliphatic heterocycles. The van der Waals surface area contributed by atoms with Crippen molar-refractivity contribution >= 4 is 21.9 Å². The first-order chi connectivity index (χ1) is 8.41. The highest BCUT2D eigenvalue weighted by atomic mass is 32.2. The highest BCUT2D eigenvalue weighted by molar-refractivity contribution is 7.89. The van der Waals surface area contributed by atoms with Gasteiger partial charge in [0.2, 0.25) is 15.9 Å². The van der Waals surface area contributed by atoms with Gasteiger partial charge < -0.3 is 10.4 Å². The van der Waals surface area contributed by atoms with Gasteiger partial charge in [-0.05, 0) is 25.7 Å². The number of nitrogens with one attached hydrogen (secondary N) is 2. The molecule has 1 rings (SSSR count). The van der Waals surface area contributed by atoms with E-state index in [1.54, 1.807) is 0 Å². The van der Waals surface area contributed by atoms with Crippen LogP contribution in [0.25, 0.3) is 0 Å². The maximum atomic E-state index is 11.7. The molecule has 0 saturated carbocycles. The van der Waals surface area contributed by atoms with Gasteiger partial charge in [0, 0.05) is 13.0 Å². The molecule has 104 valence electrons. The molecule has 0 radical (unpaired) electrons. The predicted molar refractivity (Wildman–Crippen MR) is 64.4 cm³/mol. The normalized spacial score (nSPS) is 21.1. The van der Waals surface area contributed by atoms with Crippen LogP contribution in [0.5, 0.6) is 0 Å². The van der Waals surface area contributed by atoms with Crippen LogP contribution >= 0.6 is 0 Å². The Morgan fingerprint density at radius 1 is 1.44 bits per heavy atom. The monoisotopic (exact) mass is 278 g/mol. The van der Waals surface area contributed by atoms with Crippen molar-refractivity contribution in [2.75, 3.05) is 12.3 Å². The van der Waals surface area contributed by atoms with E-state index in [9.17, 15) is 18.0 Å². The fraction of sp³-hybridized carbons (Fsp3) is 0.800. The summed E-state index contributed by atoms with van der Waals surface area (Å²) in [5, 5.41) is 11.1. The smallest absolute Gasteiger partial charge is 0.303 e. The van der Waals surface area contributed by atoms with Crippen molar-refractivity contribution in [1.29, 1.82) is 0 Å². The Morgan fingerprint density at radius 2 is 2.17 bits per heavy atom. The predicted octanol–water partition coefficient (Wildman–Crippen LogP) is -0.561. The van der Waals surface area contributed by atoms with E-state index in [1.807, 2.05) is 0 Å². The van der Waals surface area contributed by atoms with Gasteiger partial charge in [-0.2, -0.15) is 0 Å². The Morgan fingerprint density at radius 3 is 2.83 bits per heavy atom. The highest BCUT2D eigenvalue weighted by Gasteiger charge is 2.25. The molecule has 7 nitrogen and oxygen atoms in total. The molecular weight excluding hydrogens is 260 g/mol. The minimum absolute atomic E-state index is 0.0407. The molecule has 3 N–H and O–H groups in total. The number of sulfonamides is 1. The Hall–Kier alpha value is -1.15. The first-order valence-corrected chi connectivity index (χ1v) is 7.55. The average Bonchev–Trinajstić information content (AvgIpc) is 2.43. The number of aliphatic carboxylic acids is 1. The van der Waals surface area contributed by atoms with Crippen molar-refractivity contribution in [3.05, 3.63) is 0 Å². The second kappa shape index (κ2) is 6.69. The molecule has 8 heteroatoms. The van der Waals surface area contributed by atoms with Crippen molar-refractivity contribution < 1.29 is 23.1 Å². The Bertz CT molecular complexity index is 406. The number of hydrogen-bond acceptors (Lipinski definition) is 4. The molecule has 0 aromatic heterocycles. The summed E-state index contributed by atoms with van der Waals surface area (Å²) in [5.74, 6) is -1.62. The third kappa shape index (κ3) is 5.46. The van der Waals surface area contributed by atoms with Gasteiger partial charge in [0.05, 0.1) is 5.75 Å². The summed E-state index contributed by atoms with van der Waals surface area (Å²) in [6.07, 6.45) is 1.94. The van der Waals surface area contributed by atoms with Gasteiger partial charge in [0.15, 0.2) is 0 Å². The number of carboxylic acids is 1. The molecule has 1 heterocycles. The zero-order valence-electron chi connectivity index (χ0n) is 10.0. The second-order valence-corrected chi connectivity index (χ2v) is 6.15. The van der Waals surface area contributed by atoms with Crippen molar-refractivity contribution in [2.45, 2.75) is 38.1 Å². The molecule has 0 spiro atoms. The Labute approximate surface area is 106 Å². The lowest BCUT2D eigenvalue weighted by Crippen LogP contribution is -2.46. The molecule has 1 fully saturated rings. The number of carbonyl (C=O) groups excluding carboxylic acids is 1. The topological polar surface area (TPSA) is 113 Å². The zero-order chi connectivity index (χ0) is 13.6. The van der Waals surface area contributed by atoms with Gasteiger partial charge in [-0.1, -0.05) is 0 Å². The van der Waals surface area contributed by atoms with E-state index in [2.05, 4.69) is 10.0 Å². The molecule has 0 bridgehead atoms. The van der Waals surface area contributed by atoms with E-state index in [-0.39, 0.29) is 24.5 Å². The molecule has 0 aliphatic carbocycles. The molecule has 0 aromatic rings. The lowest BCUT2D eigenvalue weighted by atomic mass is 10.1. The van der Waals surface area contributed by atoms with Crippen LogP contribution in [0.4, 0.5) is 0 Å².